The zero-order valence-electron chi connectivity index (χ0n) is 20.0. The van der Waals surface area contributed by atoms with E-state index in [-0.39, 0.29) is 17.1 Å². The van der Waals surface area contributed by atoms with Crippen LogP contribution in [0.2, 0.25) is 0 Å². The summed E-state index contributed by atoms with van der Waals surface area (Å²) in [5.41, 5.74) is 7.53. The summed E-state index contributed by atoms with van der Waals surface area (Å²) < 4.78 is 5.85. The summed E-state index contributed by atoms with van der Waals surface area (Å²) in [5.74, 6) is 1.19. The molecule has 0 fully saturated rings. The molecule has 0 saturated carbocycles. The Bertz CT molecular complexity index is 1180. The van der Waals surface area contributed by atoms with E-state index in [0.717, 1.165) is 17.1 Å². The maximum atomic E-state index is 12.8. The van der Waals surface area contributed by atoms with Gasteiger partial charge in [0.15, 0.2) is 5.76 Å². The predicted molar refractivity (Wildman–Crippen MR) is 134 cm³/mol. The minimum atomic E-state index is -0.508. The van der Waals surface area contributed by atoms with E-state index in [1.165, 1.54) is 39.4 Å². The summed E-state index contributed by atoms with van der Waals surface area (Å²) in [6, 6.07) is 8.18. The molecule has 1 heterocycles. The lowest BCUT2D eigenvalue weighted by molar-refractivity contribution is -0.384. The summed E-state index contributed by atoms with van der Waals surface area (Å²) in [6.45, 7) is 12.7. The summed E-state index contributed by atoms with van der Waals surface area (Å²) in [6.07, 6.45) is 1.56. The Hall–Kier alpha value is -3.06. The van der Waals surface area contributed by atoms with E-state index in [9.17, 15) is 14.9 Å². The summed E-state index contributed by atoms with van der Waals surface area (Å²) in [5, 5.41) is 14.1. The molecule has 3 rings (SSSR count). The number of amides is 1. The van der Waals surface area contributed by atoms with Crippen molar-refractivity contribution < 1.29 is 14.1 Å². The van der Waals surface area contributed by atoms with Crippen LogP contribution in [0.3, 0.4) is 0 Å². The summed E-state index contributed by atoms with van der Waals surface area (Å²) >= 11 is 1.59. The number of furan rings is 1. The SMILES string of the molecule is CCCSc1ccc([N+](=O)[O-])c(NC(=O)c2ccc(Cc3c(C)c(C)c(C)c(C)c3C)o2)c1. The van der Waals surface area contributed by atoms with Crippen LogP contribution in [0.4, 0.5) is 11.4 Å². The number of hydrogen-bond donors (Lipinski definition) is 1. The van der Waals surface area contributed by atoms with Crippen molar-refractivity contribution in [3.8, 4) is 0 Å². The molecule has 6 nitrogen and oxygen atoms in total. The second-order valence-electron chi connectivity index (χ2n) is 8.28. The van der Waals surface area contributed by atoms with Crippen LogP contribution in [0.1, 0.15) is 63.0 Å². The van der Waals surface area contributed by atoms with Gasteiger partial charge >= 0.3 is 0 Å². The topological polar surface area (TPSA) is 85.4 Å². The first-order valence-corrected chi connectivity index (χ1v) is 12.0. The van der Waals surface area contributed by atoms with Crippen LogP contribution < -0.4 is 5.32 Å². The van der Waals surface area contributed by atoms with Crippen LogP contribution in [0.5, 0.6) is 0 Å². The monoisotopic (exact) mass is 466 g/mol. The highest BCUT2D eigenvalue weighted by Gasteiger charge is 2.20. The van der Waals surface area contributed by atoms with Gasteiger partial charge in [-0.1, -0.05) is 6.92 Å². The number of nitrogens with zero attached hydrogens (tertiary/aromatic N) is 1. The lowest BCUT2D eigenvalue weighted by Crippen LogP contribution is -2.12. The number of hydrogen-bond acceptors (Lipinski definition) is 5. The van der Waals surface area contributed by atoms with Crippen LogP contribution in [-0.2, 0) is 6.42 Å². The Morgan fingerprint density at radius 1 is 1.00 bits per heavy atom. The average Bonchev–Trinajstić information content (AvgIpc) is 3.26. The van der Waals surface area contributed by atoms with Crippen LogP contribution in [0.25, 0.3) is 0 Å². The van der Waals surface area contributed by atoms with Crippen molar-refractivity contribution in [3.63, 3.8) is 0 Å². The number of anilines is 1. The standard InChI is InChI=1S/C26H30N2O4S/c1-7-12-33-21-9-10-24(28(30)31)23(14-21)27-26(29)25-11-8-20(32-25)13-22-18(5)16(3)15(2)17(4)19(22)6/h8-11,14H,7,12-13H2,1-6H3,(H,27,29). The van der Waals surface area contributed by atoms with Crippen molar-refractivity contribution in [2.24, 2.45) is 0 Å². The highest BCUT2D eigenvalue weighted by molar-refractivity contribution is 7.99. The van der Waals surface area contributed by atoms with Crippen molar-refractivity contribution in [2.45, 2.75) is 59.3 Å². The Labute approximate surface area is 198 Å². The number of benzene rings is 2. The molecule has 3 aromatic rings. The zero-order valence-corrected chi connectivity index (χ0v) is 20.8. The second kappa shape index (κ2) is 10.3. The van der Waals surface area contributed by atoms with E-state index in [4.69, 9.17) is 4.42 Å². The largest absolute Gasteiger partial charge is 0.456 e. The van der Waals surface area contributed by atoms with E-state index in [1.54, 1.807) is 36.0 Å². The molecule has 174 valence electrons. The molecule has 7 heteroatoms. The number of thioether (sulfide) groups is 1. The van der Waals surface area contributed by atoms with Gasteiger partial charge in [0, 0.05) is 17.4 Å². The molecule has 0 aliphatic carbocycles. The Kier molecular flexibility index (Phi) is 7.64. The molecular weight excluding hydrogens is 436 g/mol. The second-order valence-corrected chi connectivity index (χ2v) is 9.45. The highest BCUT2D eigenvalue weighted by Crippen LogP contribution is 2.32. The first kappa shape index (κ1) is 24.6. The average molecular weight is 467 g/mol. The van der Waals surface area contributed by atoms with Crippen molar-refractivity contribution >= 4 is 29.0 Å². The highest BCUT2D eigenvalue weighted by atomic mass is 32.2. The lowest BCUT2D eigenvalue weighted by Gasteiger charge is -2.18. The quantitative estimate of drug-likeness (QED) is 0.218. The minimum Gasteiger partial charge on any atom is -0.456 e. The van der Waals surface area contributed by atoms with Crippen LogP contribution >= 0.6 is 11.8 Å². The Morgan fingerprint density at radius 3 is 2.24 bits per heavy atom. The first-order chi connectivity index (χ1) is 15.6. The van der Waals surface area contributed by atoms with E-state index in [0.29, 0.717) is 12.2 Å². The maximum absolute atomic E-state index is 12.8. The molecular formula is C26H30N2O4S. The molecule has 0 saturated heterocycles. The molecule has 0 unspecified atom stereocenters. The van der Waals surface area contributed by atoms with Gasteiger partial charge < -0.3 is 9.73 Å². The molecule has 0 atom stereocenters. The molecule has 1 aromatic heterocycles. The van der Waals surface area contributed by atoms with Gasteiger partial charge in [-0.2, -0.15) is 0 Å². The van der Waals surface area contributed by atoms with Gasteiger partial charge in [-0.25, -0.2) is 0 Å². The van der Waals surface area contributed by atoms with E-state index < -0.39 is 10.8 Å². The number of rotatable bonds is 8. The minimum absolute atomic E-state index is 0.127. The molecule has 0 bridgehead atoms. The summed E-state index contributed by atoms with van der Waals surface area (Å²) in [7, 11) is 0. The fourth-order valence-electron chi connectivity index (χ4n) is 3.88. The number of carbonyl (C=O) groups is 1. The van der Waals surface area contributed by atoms with E-state index >= 15 is 0 Å². The fraction of sp³-hybridized carbons (Fsp3) is 0.346. The van der Waals surface area contributed by atoms with E-state index in [1.807, 2.05) is 0 Å². The third kappa shape index (κ3) is 5.30. The Balaban J connectivity index is 1.84. The van der Waals surface area contributed by atoms with Crippen LogP contribution in [0.15, 0.2) is 39.6 Å². The number of nitro benzene ring substituents is 1. The van der Waals surface area contributed by atoms with Crippen molar-refractivity contribution in [2.75, 3.05) is 11.1 Å². The fourth-order valence-corrected chi connectivity index (χ4v) is 4.69. The normalized spacial score (nSPS) is 11.0. The van der Waals surface area contributed by atoms with Crippen molar-refractivity contribution in [1.82, 2.24) is 0 Å². The number of nitro groups is 1. The van der Waals surface area contributed by atoms with E-state index in [2.05, 4.69) is 46.9 Å². The van der Waals surface area contributed by atoms with Gasteiger partial charge in [0.1, 0.15) is 11.4 Å². The molecule has 2 aromatic carbocycles. The maximum Gasteiger partial charge on any atom is 0.292 e. The summed E-state index contributed by atoms with van der Waals surface area (Å²) in [4.78, 5) is 24.6. The van der Waals surface area contributed by atoms with Crippen LogP contribution in [0, 0.1) is 44.7 Å². The van der Waals surface area contributed by atoms with Gasteiger partial charge in [-0.05, 0) is 104 Å². The Morgan fingerprint density at radius 2 is 1.64 bits per heavy atom. The molecule has 33 heavy (non-hydrogen) atoms. The third-order valence-electron chi connectivity index (χ3n) is 6.28. The number of nitrogens with one attached hydrogen (secondary N) is 1. The molecule has 0 radical (unpaired) electrons. The number of carbonyl (C=O) groups excluding carboxylic acids is 1. The van der Waals surface area contributed by atoms with Crippen molar-refractivity contribution in [1.29, 1.82) is 0 Å². The molecule has 0 aliphatic rings. The van der Waals surface area contributed by atoms with Gasteiger partial charge in [0.2, 0.25) is 0 Å². The first-order valence-electron chi connectivity index (χ1n) is 11.0. The van der Waals surface area contributed by atoms with Crippen LogP contribution in [-0.4, -0.2) is 16.6 Å². The van der Waals surface area contributed by atoms with Gasteiger partial charge in [-0.3, -0.25) is 14.9 Å². The zero-order chi connectivity index (χ0) is 24.3. The molecule has 1 amide bonds. The third-order valence-corrected chi connectivity index (χ3v) is 7.48. The van der Waals surface area contributed by atoms with Gasteiger partial charge in [0.05, 0.1) is 4.92 Å². The van der Waals surface area contributed by atoms with Crippen molar-refractivity contribution in [3.05, 3.63) is 85.3 Å². The smallest absolute Gasteiger partial charge is 0.292 e. The van der Waals surface area contributed by atoms with Gasteiger partial charge in [-0.15, -0.1) is 11.8 Å². The lowest BCUT2D eigenvalue weighted by atomic mass is 9.88. The predicted octanol–water partition coefficient (Wildman–Crippen LogP) is 7.08. The van der Waals surface area contributed by atoms with Gasteiger partial charge in [0.25, 0.3) is 11.6 Å². The molecule has 0 aliphatic heterocycles. The molecule has 1 N–H and O–H groups in total. The molecule has 0 spiro atoms.